The Morgan fingerprint density at radius 2 is 1.58 bits per heavy atom. The Morgan fingerprint density at radius 3 is 2.00 bits per heavy atom. The van der Waals surface area contributed by atoms with Gasteiger partial charge in [-0.1, -0.05) is 39.0 Å². The van der Waals surface area contributed by atoms with E-state index in [1.165, 1.54) is 0 Å². The average molecular weight is 302 g/mol. The van der Waals surface area contributed by atoms with Gasteiger partial charge in [-0.05, 0) is 42.0 Å². The number of rotatable bonds is 7. The highest BCUT2D eigenvalue weighted by Gasteiger charge is 2.33. The molecular weight excluding hydrogens is 282 g/mol. The quantitative estimate of drug-likeness (QED) is 0.354. The van der Waals surface area contributed by atoms with E-state index in [9.17, 15) is 8.78 Å². The van der Waals surface area contributed by atoms with Crippen LogP contribution in [0.2, 0.25) is 18.1 Å². The summed E-state index contributed by atoms with van der Waals surface area (Å²) in [7, 11) is -2.06. The lowest BCUT2D eigenvalue weighted by Crippen LogP contribution is -2.35. The molecule has 0 heterocycles. The maximum absolute atomic E-state index is 13.1. The Morgan fingerprint density at radius 1 is 1.05 bits per heavy atom. The van der Waals surface area contributed by atoms with Crippen molar-refractivity contribution in [3.05, 3.63) is 41.5 Å². The molecule has 0 bridgehead atoms. The topological polar surface area (TPSA) is 9.23 Å². The second-order valence-electron chi connectivity index (χ2n) is 4.31. The van der Waals surface area contributed by atoms with Gasteiger partial charge < -0.3 is 4.43 Å². The predicted octanol–water partition coefficient (Wildman–Crippen LogP) is 5.87. The molecule has 1 aromatic carbocycles. The van der Waals surface area contributed by atoms with Crippen LogP contribution in [0.4, 0.5) is 8.78 Å². The molecule has 0 aliphatic carbocycles. The first-order valence-corrected chi connectivity index (χ1v) is 9.88. The van der Waals surface area contributed by atoms with E-state index in [2.05, 4.69) is 0 Å². The van der Waals surface area contributed by atoms with Crippen LogP contribution in [0.1, 0.15) is 20.8 Å². The van der Waals surface area contributed by atoms with E-state index in [1.807, 2.05) is 51.1 Å². The molecule has 19 heavy (non-hydrogen) atoms. The second-order valence-corrected chi connectivity index (χ2v) is 10.0. The molecule has 0 amide bonds. The average Bonchev–Trinajstić information content (AvgIpc) is 2.45. The Labute approximate surface area is 119 Å². The molecule has 0 spiro atoms. The molecule has 0 aliphatic heterocycles. The molecule has 1 aromatic rings. The maximum Gasteiger partial charge on any atom is 0.317 e. The van der Waals surface area contributed by atoms with Gasteiger partial charge in [-0.2, -0.15) is 8.78 Å². The molecule has 0 saturated heterocycles. The molecule has 1 nitrogen and oxygen atoms in total. The Balaban J connectivity index is 2.89. The van der Waals surface area contributed by atoms with Gasteiger partial charge in [0, 0.05) is 4.90 Å². The first-order chi connectivity index (χ1) is 9.06. The van der Waals surface area contributed by atoms with Gasteiger partial charge >= 0.3 is 6.08 Å². The zero-order valence-corrected chi connectivity index (χ0v) is 13.4. The van der Waals surface area contributed by atoms with Crippen molar-refractivity contribution in [2.75, 3.05) is 0 Å². The predicted molar refractivity (Wildman–Crippen MR) is 79.8 cm³/mol. The van der Waals surface area contributed by atoms with Gasteiger partial charge in [-0.3, -0.25) is 0 Å². The molecule has 0 N–H and O–H groups in total. The normalized spacial score (nSPS) is 11.2. The standard InChI is InChI=1S/C14H20F2OSSi/c1-4-19(5-2,6-3)17-14(13(15)16)18-12-10-8-7-9-11-12/h7-11H,4-6H2,1-3H3. The largest absolute Gasteiger partial charge is 0.535 e. The third kappa shape index (κ3) is 4.65. The monoisotopic (exact) mass is 302 g/mol. The fourth-order valence-corrected chi connectivity index (χ4v) is 5.54. The Bertz CT molecular complexity index is 406. The van der Waals surface area contributed by atoms with Crippen molar-refractivity contribution in [1.82, 2.24) is 0 Å². The summed E-state index contributed by atoms with van der Waals surface area (Å²) >= 11 is 1.01. The van der Waals surface area contributed by atoms with Crippen LogP contribution in [0.15, 0.2) is 46.4 Å². The Kier molecular flexibility index (Phi) is 6.58. The lowest BCUT2D eigenvalue weighted by Gasteiger charge is -2.29. The van der Waals surface area contributed by atoms with Gasteiger partial charge in [-0.25, -0.2) is 0 Å². The Hall–Kier alpha value is -0.813. The molecule has 0 radical (unpaired) electrons. The summed E-state index contributed by atoms with van der Waals surface area (Å²) in [6.45, 7) is 6.08. The van der Waals surface area contributed by atoms with Crippen molar-refractivity contribution in [2.45, 2.75) is 43.8 Å². The minimum atomic E-state index is -2.06. The lowest BCUT2D eigenvalue weighted by atomic mass is 10.4. The van der Waals surface area contributed by atoms with E-state index >= 15 is 0 Å². The van der Waals surface area contributed by atoms with Crippen LogP contribution >= 0.6 is 11.8 Å². The summed E-state index contributed by atoms with van der Waals surface area (Å²) in [6.07, 6.45) is -1.72. The summed E-state index contributed by atoms with van der Waals surface area (Å²) in [5, 5.41) is -0.219. The van der Waals surface area contributed by atoms with E-state index in [1.54, 1.807) is 0 Å². The van der Waals surface area contributed by atoms with Crippen LogP contribution in [0.3, 0.4) is 0 Å². The van der Waals surface area contributed by atoms with E-state index in [4.69, 9.17) is 4.43 Å². The maximum atomic E-state index is 13.1. The minimum absolute atomic E-state index is 0.219. The van der Waals surface area contributed by atoms with Crippen LogP contribution in [-0.2, 0) is 4.43 Å². The molecule has 0 aromatic heterocycles. The minimum Gasteiger partial charge on any atom is -0.535 e. The van der Waals surface area contributed by atoms with Crippen LogP contribution in [0.25, 0.3) is 0 Å². The smallest absolute Gasteiger partial charge is 0.317 e. The third-order valence-corrected chi connectivity index (χ3v) is 8.93. The summed E-state index contributed by atoms with van der Waals surface area (Å²) < 4.78 is 31.9. The molecule has 1 rings (SSSR count). The second kappa shape index (κ2) is 7.70. The lowest BCUT2D eigenvalue weighted by molar-refractivity contribution is 0.346. The van der Waals surface area contributed by atoms with Crippen molar-refractivity contribution in [3.8, 4) is 0 Å². The van der Waals surface area contributed by atoms with Crippen molar-refractivity contribution >= 4 is 20.1 Å². The van der Waals surface area contributed by atoms with Crippen LogP contribution < -0.4 is 0 Å². The van der Waals surface area contributed by atoms with Crippen LogP contribution in [-0.4, -0.2) is 8.32 Å². The van der Waals surface area contributed by atoms with Crippen LogP contribution in [0, 0.1) is 0 Å². The fourth-order valence-electron chi connectivity index (χ4n) is 1.86. The highest BCUT2D eigenvalue weighted by atomic mass is 32.2. The van der Waals surface area contributed by atoms with Gasteiger partial charge in [0.1, 0.15) is 0 Å². The van der Waals surface area contributed by atoms with Gasteiger partial charge in [0.25, 0.3) is 8.32 Å². The zero-order valence-electron chi connectivity index (χ0n) is 11.6. The van der Waals surface area contributed by atoms with Crippen molar-refractivity contribution in [3.63, 3.8) is 0 Å². The van der Waals surface area contributed by atoms with Gasteiger partial charge in [0.05, 0.1) is 0 Å². The molecule has 0 atom stereocenters. The van der Waals surface area contributed by atoms with E-state index in [0.717, 1.165) is 34.8 Å². The summed E-state index contributed by atoms with van der Waals surface area (Å²) in [4.78, 5) is 0.775. The molecule has 5 heteroatoms. The number of halogens is 2. The molecule has 0 aliphatic rings. The number of benzene rings is 1. The summed E-state index contributed by atoms with van der Waals surface area (Å²) in [6, 6.07) is 11.7. The molecular formula is C14H20F2OSSi. The third-order valence-electron chi connectivity index (χ3n) is 3.35. The van der Waals surface area contributed by atoms with E-state index < -0.39 is 14.4 Å². The summed E-state index contributed by atoms with van der Waals surface area (Å²) in [5.41, 5.74) is 0. The first kappa shape index (κ1) is 16.2. The van der Waals surface area contributed by atoms with Crippen molar-refractivity contribution < 1.29 is 13.2 Å². The van der Waals surface area contributed by atoms with Crippen LogP contribution in [0.5, 0.6) is 0 Å². The molecule has 0 fully saturated rings. The number of hydrogen-bond donors (Lipinski definition) is 0. The molecule has 106 valence electrons. The summed E-state index contributed by atoms with van der Waals surface area (Å²) in [5.74, 6) is 0. The number of thioether (sulfide) groups is 1. The molecule has 0 unspecified atom stereocenters. The first-order valence-electron chi connectivity index (χ1n) is 6.54. The van der Waals surface area contributed by atoms with Gasteiger partial charge in [0.2, 0.25) is 5.09 Å². The van der Waals surface area contributed by atoms with E-state index in [-0.39, 0.29) is 5.09 Å². The zero-order chi connectivity index (χ0) is 14.3. The van der Waals surface area contributed by atoms with Gasteiger partial charge in [0.15, 0.2) is 0 Å². The highest BCUT2D eigenvalue weighted by molar-refractivity contribution is 8.03. The van der Waals surface area contributed by atoms with Gasteiger partial charge in [-0.15, -0.1) is 0 Å². The SMILES string of the molecule is CC[Si](CC)(CC)OC(Sc1ccccc1)=C(F)F. The molecule has 0 saturated carbocycles. The highest BCUT2D eigenvalue weighted by Crippen LogP contribution is 2.36. The van der Waals surface area contributed by atoms with E-state index in [0.29, 0.717) is 0 Å². The van der Waals surface area contributed by atoms with Crippen molar-refractivity contribution in [1.29, 1.82) is 0 Å². The number of hydrogen-bond acceptors (Lipinski definition) is 2. The van der Waals surface area contributed by atoms with Crippen molar-refractivity contribution in [2.24, 2.45) is 0 Å². The fraction of sp³-hybridized carbons (Fsp3) is 0.429.